The molecule has 1 aliphatic heterocycles. The third-order valence-corrected chi connectivity index (χ3v) is 7.54. The van der Waals surface area contributed by atoms with E-state index in [-0.39, 0.29) is 12.9 Å². The summed E-state index contributed by atoms with van der Waals surface area (Å²) in [5, 5.41) is 12.7. The molecule has 0 fully saturated rings. The fourth-order valence-electron chi connectivity index (χ4n) is 3.45. The van der Waals surface area contributed by atoms with Crippen molar-refractivity contribution in [1.82, 2.24) is 19.7 Å². The molecule has 2 aromatic carbocycles. The van der Waals surface area contributed by atoms with Crippen LogP contribution >= 0.6 is 39.0 Å². The molecule has 170 valence electrons. The molecule has 0 amide bonds. The summed E-state index contributed by atoms with van der Waals surface area (Å²) < 4.78 is 20.1. The van der Waals surface area contributed by atoms with Crippen molar-refractivity contribution >= 4 is 39.0 Å². The second kappa shape index (κ2) is 9.74. The Labute approximate surface area is 208 Å². The lowest BCUT2D eigenvalue weighted by Crippen LogP contribution is -2.11. The quantitative estimate of drug-likeness (QED) is 0.239. The topological polar surface area (TPSA) is 71.3 Å². The van der Waals surface area contributed by atoms with Gasteiger partial charge in [0.25, 0.3) is 0 Å². The van der Waals surface area contributed by atoms with E-state index < -0.39 is 0 Å². The Hall–Kier alpha value is -2.56. The second-order valence-electron chi connectivity index (χ2n) is 7.30. The fourth-order valence-corrected chi connectivity index (χ4v) is 5.54. The second-order valence-corrected chi connectivity index (χ2v) is 10.0. The number of thioether (sulfide) groups is 1. The highest BCUT2D eigenvalue weighted by Crippen LogP contribution is 2.37. The van der Waals surface area contributed by atoms with E-state index in [0.717, 1.165) is 55.5 Å². The van der Waals surface area contributed by atoms with Gasteiger partial charge in [0.05, 0.1) is 5.69 Å². The molecular formula is C23H21BrN4O3S2. The lowest BCUT2D eigenvalue weighted by atomic mass is 10.2. The molecule has 1 unspecified atom stereocenters. The maximum atomic E-state index is 6.07. The van der Waals surface area contributed by atoms with Gasteiger partial charge >= 0.3 is 0 Å². The standard InChI is InChI=1S/C23H21BrN4O3S2/c1-3-28-21(14(2)31-18-7-5-16(24)6-8-18)26-27-23(28)33-12-17-11-32-22(25-17)15-4-9-19-20(10-15)30-13-29-19/h4-11,14H,3,12-13H2,1-2H3. The first kappa shape index (κ1) is 22.2. The number of thiazole rings is 1. The number of nitrogens with zero attached hydrogens (tertiary/aromatic N) is 4. The molecule has 4 aromatic rings. The van der Waals surface area contributed by atoms with Crippen molar-refractivity contribution in [2.45, 2.75) is 37.4 Å². The van der Waals surface area contributed by atoms with Crippen LogP contribution in [0.2, 0.25) is 0 Å². The van der Waals surface area contributed by atoms with Crippen molar-refractivity contribution in [3.05, 3.63) is 63.8 Å². The van der Waals surface area contributed by atoms with Gasteiger partial charge in [-0.1, -0.05) is 27.7 Å². The molecule has 0 N–H and O–H groups in total. The first-order valence-electron chi connectivity index (χ1n) is 10.4. The molecule has 3 heterocycles. The Bertz CT molecular complexity index is 1260. The number of hydrogen-bond donors (Lipinski definition) is 0. The largest absolute Gasteiger partial charge is 0.483 e. The summed E-state index contributed by atoms with van der Waals surface area (Å²) in [7, 11) is 0. The zero-order valence-corrected chi connectivity index (χ0v) is 21.2. The molecule has 0 saturated heterocycles. The molecule has 1 atom stereocenters. The summed E-state index contributed by atoms with van der Waals surface area (Å²) in [6, 6.07) is 13.7. The van der Waals surface area contributed by atoms with Gasteiger partial charge < -0.3 is 18.8 Å². The molecular weight excluding hydrogens is 524 g/mol. The van der Waals surface area contributed by atoms with Crippen molar-refractivity contribution in [2.75, 3.05) is 6.79 Å². The lowest BCUT2D eigenvalue weighted by molar-refractivity contribution is 0.174. The summed E-state index contributed by atoms with van der Waals surface area (Å²) in [6.07, 6.45) is -0.218. The van der Waals surface area contributed by atoms with Gasteiger partial charge in [-0.15, -0.1) is 21.5 Å². The van der Waals surface area contributed by atoms with E-state index in [4.69, 9.17) is 19.2 Å². The van der Waals surface area contributed by atoms with E-state index in [9.17, 15) is 0 Å². The minimum absolute atomic E-state index is 0.218. The Morgan fingerprint density at radius 1 is 1.15 bits per heavy atom. The third-order valence-electron chi connectivity index (χ3n) is 5.07. The smallest absolute Gasteiger partial charge is 0.231 e. The monoisotopic (exact) mass is 544 g/mol. The van der Waals surface area contributed by atoms with Crippen LogP contribution in [0.1, 0.15) is 31.5 Å². The molecule has 0 aliphatic carbocycles. The van der Waals surface area contributed by atoms with Crippen molar-refractivity contribution < 1.29 is 14.2 Å². The predicted molar refractivity (Wildman–Crippen MR) is 132 cm³/mol. The number of ether oxygens (including phenoxy) is 3. The van der Waals surface area contributed by atoms with Crippen LogP contribution in [0.3, 0.4) is 0 Å². The maximum absolute atomic E-state index is 6.07. The van der Waals surface area contributed by atoms with E-state index >= 15 is 0 Å². The number of benzene rings is 2. The molecule has 1 aliphatic rings. The molecule has 10 heteroatoms. The predicted octanol–water partition coefficient (Wildman–Crippen LogP) is 6.35. The van der Waals surface area contributed by atoms with Crippen LogP contribution in [0.4, 0.5) is 0 Å². The summed E-state index contributed by atoms with van der Waals surface area (Å²) in [6.45, 7) is 5.11. The average Bonchev–Trinajstić information content (AvgIpc) is 3.57. The van der Waals surface area contributed by atoms with Crippen molar-refractivity contribution in [3.8, 4) is 27.8 Å². The number of hydrogen-bond acceptors (Lipinski definition) is 8. The average molecular weight is 545 g/mol. The number of rotatable bonds is 8. The molecule has 7 nitrogen and oxygen atoms in total. The Kier molecular flexibility index (Phi) is 6.57. The molecule has 2 aromatic heterocycles. The lowest BCUT2D eigenvalue weighted by Gasteiger charge is -2.15. The van der Waals surface area contributed by atoms with Crippen LogP contribution < -0.4 is 14.2 Å². The van der Waals surface area contributed by atoms with Crippen molar-refractivity contribution in [3.63, 3.8) is 0 Å². The van der Waals surface area contributed by atoms with E-state index in [0.29, 0.717) is 5.75 Å². The number of aromatic nitrogens is 4. The fraction of sp³-hybridized carbons (Fsp3) is 0.261. The maximum Gasteiger partial charge on any atom is 0.231 e. The summed E-state index contributed by atoms with van der Waals surface area (Å²) in [5.74, 6) is 3.85. The highest BCUT2D eigenvalue weighted by Gasteiger charge is 2.20. The molecule has 5 rings (SSSR count). The summed E-state index contributed by atoms with van der Waals surface area (Å²) in [4.78, 5) is 4.80. The SMILES string of the molecule is CCn1c(SCc2csc(-c3ccc4c(c3)OCO4)n2)nnc1C(C)Oc1ccc(Br)cc1. The first-order valence-corrected chi connectivity index (χ1v) is 13.1. The van der Waals surface area contributed by atoms with Gasteiger partial charge in [-0.05, 0) is 56.3 Å². The first-order chi connectivity index (χ1) is 16.1. The molecule has 33 heavy (non-hydrogen) atoms. The van der Waals surface area contributed by atoms with E-state index in [1.807, 2.05) is 49.4 Å². The normalized spacial score (nSPS) is 13.3. The van der Waals surface area contributed by atoms with Gasteiger partial charge in [0.1, 0.15) is 10.8 Å². The molecule has 0 bridgehead atoms. The zero-order chi connectivity index (χ0) is 22.8. The van der Waals surface area contributed by atoms with Gasteiger partial charge in [-0.2, -0.15) is 0 Å². The van der Waals surface area contributed by atoms with Gasteiger partial charge in [-0.3, -0.25) is 0 Å². The highest BCUT2D eigenvalue weighted by atomic mass is 79.9. The van der Waals surface area contributed by atoms with Crippen LogP contribution in [0.5, 0.6) is 17.2 Å². The van der Waals surface area contributed by atoms with Crippen molar-refractivity contribution in [2.24, 2.45) is 0 Å². The van der Waals surface area contributed by atoms with E-state index in [2.05, 4.69) is 43.0 Å². The minimum Gasteiger partial charge on any atom is -0.483 e. The van der Waals surface area contributed by atoms with Crippen LogP contribution in [0.15, 0.2) is 57.5 Å². The zero-order valence-electron chi connectivity index (χ0n) is 18.0. The summed E-state index contributed by atoms with van der Waals surface area (Å²) >= 11 is 6.69. The number of halogens is 1. The van der Waals surface area contributed by atoms with Crippen LogP contribution in [-0.4, -0.2) is 26.5 Å². The van der Waals surface area contributed by atoms with Gasteiger partial charge in [-0.25, -0.2) is 4.98 Å². The van der Waals surface area contributed by atoms with Gasteiger partial charge in [0.15, 0.2) is 28.6 Å². The Morgan fingerprint density at radius 3 is 2.79 bits per heavy atom. The van der Waals surface area contributed by atoms with E-state index in [1.165, 1.54) is 0 Å². The number of fused-ring (bicyclic) bond motifs is 1. The Balaban J connectivity index is 1.26. The van der Waals surface area contributed by atoms with Gasteiger partial charge in [0.2, 0.25) is 6.79 Å². The summed E-state index contributed by atoms with van der Waals surface area (Å²) in [5.41, 5.74) is 2.03. The molecule has 0 spiro atoms. The molecule has 0 radical (unpaired) electrons. The van der Waals surface area contributed by atoms with Gasteiger partial charge in [0, 0.05) is 27.7 Å². The molecule has 0 saturated carbocycles. The third kappa shape index (κ3) is 4.87. The van der Waals surface area contributed by atoms with Crippen LogP contribution in [0, 0.1) is 0 Å². The highest BCUT2D eigenvalue weighted by molar-refractivity contribution is 9.10. The van der Waals surface area contributed by atoms with Crippen LogP contribution in [-0.2, 0) is 12.3 Å². The Morgan fingerprint density at radius 2 is 1.97 bits per heavy atom. The minimum atomic E-state index is -0.218. The van der Waals surface area contributed by atoms with Crippen molar-refractivity contribution in [1.29, 1.82) is 0 Å². The van der Waals surface area contributed by atoms with Crippen LogP contribution in [0.25, 0.3) is 10.6 Å². The van der Waals surface area contributed by atoms with E-state index in [1.54, 1.807) is 23.1 Å².